The summed E-state index contributed by atoms with van der Waals surface area (Å²) in [6.45, 7) is 9.30. The third kappa shape index (κ3) is 1.53. The van der Waals surface area contributed by atoms with Crippen molar-refractivity contribution in [3.63, 3.8) is 0 Å². The number of Topliss-reactive ketones (excluding diaryl/α,β-unsaturated/α-hetero) is 1. The molecule has 0 aromatic heterocycles. The van der Waals surface area contributed by atoms with Gasteiger partial charge < -0.3 is 4.74 Å². The molecule has 5 fully saturated rings. The lowest BCUT2D eigenvalue weighted by atomic mass is 9.36. The standard InChI is InChI=1S/C20H32O2/c1-5-14-10-12(2)16-11-17-15-8-6-7-9-19(15,4)20(16,18(14)21)13(3)22-17/h12-17H,5-11H2,1-4H3/t12-,13+,14+,15?,16-,17-,19-,20+/m1/s1. The van der Waals surface area contributed by atoms with Gasteiger partial charge in [0.05, 0.1) is 17.6 Å². The normalized spacial score (nSPS) is 57.4. The zero-order chi connectivity index (χ0) is 15.7. The van der Waals surface area contributed by atoms with E-state index in [4.69, 9.17) is 4.74 Å². The molecular weight excluding hydrogens is 272 g/mol. The molecule has 3 saturated carbocycles. The Labute approximate surface area is 135 Å². The summed E-state index contributed by atoms with van der Waals surface area (Å²) in [5, 5.41) is 0. The summed E-state index contributed by atoms with van der Waals surface area (Å²) in [5.74, 6) is 2.72. The first-order valence-electron chi connectivity index (χ1n) is 9.66. The zero-order valence-electron chi connectivity index (χ0n) is 14.7. The Kier molecular flexibility index (Phi) is 3.32. The Morgan fingerprint density at radius 1 is 1.18 bits per heavy atom. The quantitative estimate of drug-likeness (QED) is 0.707. The van der Waals surface area contributed by atoms with Crippen molar-refractivity contribution in [2.45, 2.75) is 84.8 Å². The molecule has 8 atom stereocenters. The molecule has 1 unspecified atom stereocenters. The minimum Gasteiger partial charge on any atom is -0.374 e. The maximum atomic E-state index is 13.7. The van der Waals surface area contributed by atoms with Gasteiger partial charge in [-0.25, -0.2) is 0 Å². The topological polar surface area (TPSA) is 26.3 Å². The van der Waals surface area contributed by atoms with E-state index in [9.17, 15) is 4.79 Å². The molecule has 3 aliphatic carbocycles. The summed E-state index contributed by atoms with van der Waals surface area (Å²) in [4.78, 5) is 13.7. The first kappa shape index (κ1) is 15.2. The minimum absolute atomic E-state index is 0.125. The average Bonchev–Trinajstić information content (AvgIpc) is 2.50. The molecule has 2 saturated heterocycles. The maximum Gasteiger partial charge on any atom is 0.145 e. The molecule has 2 heterocycles. The molecule has 0 aromatic rings. The number of hydrogen-bond donors (Lipinski definition) is 0. The second kappa shape index (κ2) is 4.82. The third-order valence-electron chi connectivity index (χ3n) is 8.38. The predicted octanol–water partition coefficient (Wildman–Crippen LogP) is 4.61. The van der Waals surface area contributed by atoms with Gasteiger partial charge in [0.25, 0.3) is 0 Å². The number of carbonyl (C=O) groups is 1. The second-order valence-corrected chi connectivity index (χ2v) is 8.98. The lowest BCUT2D eigenvalue weighted by Crippen LogP contribution is -2.74. The Balaban J connectivity index is 1.89. The van der Waals surface area contributed by atoms with E-state index in [-0.39, 0.29) is 22.9 Å². The highest BCUT2D eigenvalue weighted by Gasteiger charge is 2.73. The van der Waals surface area contributed by atoms with Gasteiger partial charge in [-0.1, -0.05) is 33.6 Å². The molecule has 0 amide bonds. The van der Waals surface area contributed by atoms with Gasteiger partial charge in [-0.15, -0.1) is 0 Å². The van der Waals surface area contributed by atoms with E-state index in [0.717, 1.165) is 19.3 Å². The SMILES string of the molecule is CC[C@H]1C[C@@H](C)[C@H]2C[C@H]3O[C@@H](C)[C@]2(C1=O)[C@]1(C)CCCCC31. The van der Waals surface area contributed by atoms with Crippen LogP contribution in [0.2, 0.25) is 0 Å². The van der Waals surface area contributed by atoms with Gasteiger partial charge in [0.15, 0.2) is 0 Å². The number of carbonyl (C=O) groups excluding carboxylic acids is 1. The van der Waals surface area contributed by atoms with Gasteiger partial charge in [-0.05, 0) is 62.2 Å². The van der Waals surface area contributed by atoms with Crippen molar-refractivity contribution in [1.82, 2.24) is 0 Å². The van der Waals surface area contributed by atoms with E-state index in [0.29, 0.717) is 29.6 Å². The van der Waals surface area contributed by atoms with E-state index < -0.39 is 0 Å². The summed E-state index contributed by atoms with van der Waals surface area (Å²) in [6.07, 6.45) is 8.97. The summed E-state index contributed by atoms with van der Waals surface area (Å²) in [6, 6.07) is 0. The Hall–Kier alpha value is -0.370. The Morgan fingerprint density at radius 2 is 1.95 bits per heavy atom. The highest BCUT2D eigenvalue weighted by Crippen LogP contribution is 2.71. The van der Waals surface area contributed by atoms with Crippen molar-refractivity contribution in [2.75, 3.05) is 0 Å². The van der Waals surface area contributed by atoms with Crippen LogP contribution in [0.1, 0.15) is 72.6 Å². The first-order valence-corrected chi connectivity index (χ1v) is 9.66. The third-order valence-corrected chi connectivity index (χ3v) is 8.38. The minimum atomic E-state index is -0.189. The van der Waals surface area contributed by atoms with Crippen LogP contribution in [0.15, 0.2) is 0 Å². The fourth-order valence-corrected chi connectivity index (χ4v) is 7.54. The van der Waals surface area contributed by atoms with Gasteiger partial charge in [0.1, 0.15) is 5.78 Å². The van der Waals surface area contributed by atoms with Crippen molar-refractivity contribution in [3.8, 4) is 0 Å². The molecule has 124 valence electrons. The number of ether oxygens (including phenoxy) is 1. The molecule has 5 rings (SSSR count). The van der Waals surface area contributed by atoms with Gasteiger partial charge in [-0.3, -0.25) is 4.79 Å². The van der Waals surface area contributed by atoms with Crippen LogP contribution >= 0.6 is 0 Å². The first-order chi connectivity index (χ1) is 10.5. The smallest absolute Gasteiger partial charge is 0.145 e. The molecule has 2 nitrogen and oxygen atoms in total. The second-order valence-electron chi connectivity index (χ2n) is 8.98. The number of ketones is 1. The van der Waals surface area contributed by atoms with Gasteiger partial charge >= 0.3 is 0 Å². The van der Waals surface area contributed by atoms with Crippen molar-refractivity contribution in [2.24, 2.45) is 34.5 Å². The van der Waals surface area contributed by atoms with Crippen molar-refractivity contribution < 1.29 is 9.53 Å². The Morgan fingerprint density at radius 3 is 2.68 bits per heavy atom. The van der Waals surface area contributed by atoms with Crippen LogP contribution in [0, 0.1) is 34.5 Å². The van der Waals surface area contributed by atoms with E-state index in [1.165, 1.54) is 25.7 Å². The molecular formula is C20H32O2. The number of hydrogen-bond acceptors (Lipinski definition) is 2. The van der Waals surface area contributed by atoms with Crippen molar-refractivity contribution in [3.05, 3.63) is 0 Å². The summed E-state index contributed by atoms with van der Waals surface area (Å²) in [5.41, 5.74) is 0.000856. The summed E-state index contributed by atoms with van der Waals surface area (Å²) in [7, 11) is 0. The summed E-state index contributed by atoms with van der Waals surface area (Å²) >= 11 is 0. The summed E-state index contributed by atoms with van der Waals surface area (Å²) < 4.78 is 6.47. The van der Waals surface area contributed by atoms with Crippen LogP contribution in [-0.2, 0) is 9.53 Å². The van der Waals surface area contributed by atoms with Crippen molar-refractivity contribution >= 4 is 5.78 Å². The maximum absolute atomic E-state index is 13.7. The van der Waals surface area contributed by atoms with Crippen LogP contribution in [0.5, 0.6) is 0 Å². The van der Waals surface area contributed by atoms with E-state index in [2.05, 4.69) is 27.7 Å². The van der Waals surface area contributed by atoms with Crippen LogP contribution < -0.4 is 0 Å². The van der Waals surface area contributed by atoms with Gasteiger partial charge in [0.2, 0.25) is 0 Å². The molecule has 1 spiro atoms. The van der Waals surface area contributed by atoms with Gasteiger partial charge in [-0.2, -0.15) is 0 Å². The average molecular weight is 304 g/mol. The molecule has 0 radical (unpaired) electrons. The van der Waals surface area contributed by atoms with E-state index >= 15 is 0 Å². The largest absolute Gasteiger partial charge is 0.374 e. The van der Waals surface area contributed by atoms with E-state index in [1.807, 2.05) is 0 Å². The number of fused-ring (bicyclic) bond motifs is 1. The monoisotopic (exact) mass is 304 g/mol. The molecule has 0 aromatic carbocycles. The van der Waals surface area contributed by atoms with Crippen LogP contribution in [0.4, 0.5) is 0 Å². The lowest BCUT2D eigenvalue weighted by molar-refractivity contribution is -0.304. The molecule has 2 heteroatoms. The van der Waals surface area contributed by atoms with Crippen LogP contribution in [-0.4, -0.2) is 18.0 Å². The Bertz CT molecular complexity index is 486. The molecule has 0 N–H and O–H groups in total. The van der Waals surface area contributed by atoms with Crippen molar-refractivity contribution in [1.29, 1.82) is 0 Å². The fourth-order valence-electron chi connectivity index (χ4n) is 7.54. The van der Waals surface area contributed by atoms with Crippen LogP contribution in [0.25, 0.3) is 0 Å². The zero-order valence-corrected chi connectivity index (χ0v) is 14.7. The van der Waals surface area contributed by atoms with E-state index in [1.54, 1.807) is 0 Å². The molecule has 5 aliphatic rings. The predicted molar refractivity (Wildman–Crippen MR) is 87.5 cm³/mol. The number of rotatable bonds is 1. The highest BCUT2D eigenvalue weighted by atomic mass is 16.5. The molecule has 2 aliphatic heterocycles. The molecule has 2 bridgehead atoms. The highest BCUT2D eigenvalue weighted by molar-refractivity contribution is 5.90. The fraction of sp³-hybridized carbons (Fsp3) is 0.950. The van der Waals surface area contributed by atoms with Crippen LogP contribution in [0.3, 0.4) is 0 Å². The lowest BCUT2D eigenvalue weighted by Gasteiger charge is -2.71. The molecule has 22 heavy (non-hydrogen) atoms. The van der Waals surface area contributed by atoms with Gasteiger partial charge in [0, 0.05) is 5.92 Å².